The summed E-state index contributed by atoms with van der Waals surface area (Å²) in [7, 11) is 0. The van der Waals surface area contributed by atoms with Gasteiger partial charge in [-0.05, 0) is 85.5 Å². The molecule has 0 radical (unpaired) electrons. The monoisotopic (exact) mass is 574 g/mol. The van der Waals surface area contributed by atoms with Crippen LogP contribution in [0.3, 0.4) is 0 Å². The average Bonchev–Trinajstić information content (AvgIpc) is 3.50. The van der Waals surface area contributed by atoms with Crippen LogP contribution in [0.25, 0.3) is 10.2 Å². The molecule has 0 aliphatic heterocycles. The van der Waals surface area contributed by atoms with Crippen LogP contribution in [0.5, 0.6) is 0 Å². The van der Waals surface area contributed by atoms with Gasteiger partial charge in [0.15, 0.2) is 5.13 Å². The molecule has 1 aliphatic carbocycles. The molecule has 5 rings (SSSR count). The molecular formula is C34H43ClN4S. The number of benzene rings is 3. The molecule has 3 aromatic carbocycles. The normalized spacial score (nSPS) is 17.2. The van der Waals surface area contributed by atoms with Crippen LogP contribution in [0.2, 0.25) is 5.02 Å². The van der Waals surface area contributed by atoms with E-state index in [9.17, 15) is 0 Å². The van der Waals surface area contributed by atoms with Crippen LogP contribution < -0.4 is 10.6 Å². The van der Waals surface area contributed by atoms with E-state index >= 15 is 0 Å². The number of hydrogen-bond acceptors (Lipinski definition) is 4. The summed E-state index contributed by atoms with van der Waals surface area (Å²) in [5.74, 6) is 2.19. The molecular weight excluding hydrogens is 532 g/mol. The molecule has 0 saturated carbocycles. The molecule has 40 heavy (non-hydrogen) atoms. The van der Waals surface area contributed by atoms with Crippen LogP contribution in [0.15, 0.2) is 65.7 Å². The highest BCUT2D eigenvalue weighted by Crippen LogP contribution is 2.40. The molecule has 1 aliphatic rings. The minimum atomic E-state index is 0.307. The van der Waals surface area contributed by atoms with Crippen molar-refractivity contribution in [2.45, 2.75) is 79.2 Å². The second-order valence-corrected chi connectivity index (χ2v) is 12.1. The zero-order chi connectivity index (χ0) is 28.6. The molecule has 0 amide bonds. The lowest BCUT2D eigenvalue weighted by Crippen LogP contribution is -2.19. The third-order valence-electron chi connectivity index (χ3n) is 7.70. The van der Waals surface area contributed by atoms with E-state index in [1.807, 2.05) is 26.8 Å². The fourth-order valence-electron chi connectivity index (χ4n) is 5.36. The number of hydrogen-bond donors (Lipinski definition) is 2. The molecule has 4 aromatic rings. The summed E-state index contributed by atoms with van der Waals surface area (Å²) in [4.78, 5) is 9.84. The van der Waals surface area contributed by atoms with Crippen LogP contribution in [-0.2, 0) is 12.8 Å². The summed E-state index contributed by atoms with van der Waals surface area (Å²) in [6.07, 6.45) is 4.37. The molecule has 2 N–H and O–H groups in total. The fraction of sp³-hybridized carbons (Fsp3) is 0.412. The largest absolute Gasteiger partial charge is 0.361 e. The van der Waals surface area contributed by atoms with Gasteiger partial charge in [0.2, 0.25) is 0 Å². The lowest BCUT2D eigenvalue weighted by molar-refractivity contribution is 0.424. The van der Waals surface area contributed by atoms with Crippen molar-refractivity contribution in [1.82, 2.24) is 4.98 Å². The van der Waals surface area contributed by atoms with Crippen LogP contribution in [0.1, 0.15) is 75.6 Å². The first-order valence-corrected chi connectivity index (χ1v) is 15.9. The molecule has 1 aromatic heterocycles. The van der Waals surface area contributed by atoms with Crippen molar-refractivity contribution in [2.75, 3.05) is 17.2 Å². The number of anilines is 2. The van der Waals surface area contributed by atoms with Gasteiger partial charge in [0.1, 0.15) is 0 Å². The summed E-state index contributed by atoms with van der Waals surface area (Å²) in [5, 5.41) is 8.70. The van der Waals surface area contributed by atoms with Gasteiger partial charge < -0.3 is 10.6 Å². The minimum absolute atomic E-state index is 0.307. The first kappa shape index (κ1) is 30.1. The molecule has 0 saturated heterocycles. The number of aryl methyl sites for hydroxylation is 1. The predicted molar refractivity (Wildman–Crippen MR) is 177 cm³/mol. The predicted octanol–water partition coefficient (Wildman–Crippen LogP) is 9.91. The van der Waals surface area contributed by atoms with Crippen LogP contribution >= 0.6 is 22.9 Å². The van der Waals surface area contributed by atoms with Crippen molar-refractivity contribution >= 4 is 49.8 Å². The second-order valence-electron chi connectivity index (χ2n) is 10.6. The molecule has 212 valence electrons. The summed E-state index contributed by atoms with van der Waals surface area (Å²) in [5.41, 5.74) is 7.37. The van der Waals surface area contributed by atoms with Crippen molar-refractivity contribution in [2.24, 2.45) is 10.9 Å². The number of aliphatic imine (C=N–C) groups is 1. The van der Waals surface area contributed by atoms with Crippen molar-refractivity contribution in [1.29, 1.82) is 0 Å². The van der Waals surface area contributed by atoms with Gasteiger partial charge in [0.05, 0.1) is 22.1 Å². The second kappa shape index (κ2) is 14.1. The van der Waals surface area contributed by atoms with Gasteiger partial charge in [0.25, 0.3) is 0 Å². The number of aromatic nitrogens is 1. The lowest BCUT2D eigenvalue weighted by Gasteiger charge is -2.21. The standard InChI is InChI=1S/C32H37ClN4S.C2H6/c1-5-20(2)16-27-26-9-7-6-8-24(26)18-29(27)36-22(4)35-25-12-10-23(11-13-25)14-15-34-32-37-30-19-28(33)21(3)17-31(30)38-32;1-2/h6-13,17,19-20,27,29H,5,14-16,18H2,1-4H3,(H,34,37)(H,35,36);1-2H3. The average molecular weight is 575 g/mol. The maximum Gasteiger partial charge on any atom is 0.183 e. The first-order valence-electron chi connectivity index (χ1n) is 14.7. The van der Waals surface area contributed by atoms with E-state index in [0.29, 0.717) is 17.9 Å². The number of fused-ring (bicyclic) bond motifs is 2. The smallest absolute Gasteiger partial charge is 0.183 e. The van der Waals surface area contributed by atoms with E-state index < -0.39 is 0 Å². The molecule has 0 fully saturated rings. The summed E-state index contributed by atoms with van der Waals surface area (Å²) in [6, 6.07) is 22.0. The Balaban J connectivity index is 0.00000181. The van der Waals surface area contributed by atoms with Crippen molar-refractivity contribution in [3.63, 3.8) is 0 Å². The Morgan fingerprint density at radius 2 is 1.88 bits per heavy atom. The fourth-order valence-corrected chi connectivity index (χ4v) is 6.49. The number of nitrogens with zero attached hydrogens (tertiary/aromatic N) is 2. The SMILES string of the molecule is CC.CCC(C)CC1c2ccccc2CC1N=C(C)Nc1ccc(CCNc2nc3cc(Cl)c(C)cc3s2)cc1. The van der Waals surface area contributed by atoms with Gasteiger partial charge in [-0.25, -0.2) is 4.98 Å². The topological polar surface area (TPSA) is 49.3 Å². The van der Waals surface area contributed by atoms with Crippen LogP contribution in [0, 0.1) is 12.8 Å². The summed E-state index contributed by atoms with van der Waals surface area (Å²) >= 11 is 7.92. The zero-order valence-electron chi connectivity index (χ0n) is 24.7. The molecule has 6 heteroatoms. The number of halogens is 1. The Labute approximate surface area is 249 Å². The maximum atomic E-state index is 6.25. The Hall–Kier alpha value is -2.89. The third-order valence-corrected chi connectivity index (χ3v) is 9.08. The van der Waals surface area contributed by atoms with Gasteiger partial charge in [-0.3, -0.25) is 4.99 Å². The Kier molecular flexibility index (Phi) is 10.6. The lowest BCUT2D eigenvalue weighted by atomic mass is 9.87. The molecule has 4 nitrogen and oxygen atoms in total. The molecule has 1 heterocycles. The van der Waals surface area contributed by atoms with E-state index in [4.69, 9.17) is 16.6 Å². The van der Waals surface area contributed by atoms with Gasteiger partial charge in [-0.15, -0.1) is 0 Å². The zero-order valence-corrected chi connectivity index (χ0v) is 26.3. The van der Waals surface area contributed by atoms with Crippen molar-refractivity contribution < 1.29 is 0 Å². The highest BCUT2D eigenvalue weighted by atomic mass is 35.5. The number of amidine groups is 1. The minimum Gasteiger partial charge on any atom is -0.361 e. The Morgan fingerprint density at radius 1 is 1.12 bits per heavy atom. The van der Waals surface area contributed by atoms with E-state index in [0.717, 1.165) is 56.8 Å². The van der Waals surface area contributed by atoms with Gasteiger partial charge >= 0.3 is 0 Å². The van der Waals surface area contributed by atoms with Gasteiger partial charge in [-0.2, -0.15) is 0 Å². The molecule has 3 unspecified atom stereocenters. The first-order chi connectivity index (χ1) is 19.4. The number of nitrogens with one attached hydrogen (secondary N) is 2. The summed E-state index contributed by atoms with van der Waals surface area (Å²) in [6.45, 7) is 13.6. The van der Waals surface area contributed by atoms with Crippen LogP contribution in [0.4, 0.5) is 10.8 Å². The Morgan fingerprint density at radius 3 is 2.62 bits per heavy atom. The molecule has 0 bridgehead atoms. The molecule has 3 atom stereocenters. The van der Waals surface area contributed by atoms with Gasteiger partial charge in [0, 0.05) is 23.2 Å². The van der Waals surface area contributed by atoms with Gasteiger partial charge in [-0.1, -0.05) is 93.5 Å². The maximum absolute atomic E-state index is 6.25. The van der Waals surface area contributed by atoms with E-state index in [-0.39, 0.29) is 0 Å². The van der Waals surface area contributed by atoms with Crippen LogP contribution in [-0.4, -0.2) is 23.4 Å². The van der Waals surface area contributed by atoms with E-state index in [1.54, 1.807) is 11.3 Å². The Bertz CT molecular complexity index is 1390. The highest BCUT2D eigenvalue weighted by Gasteiger charge is 2.32. The quantitative estimate of drug-likeness (QED) is 0.154. The summed E-state index contributed by atoms with van der Waals surface area (Å²) < 4.78 is 1.16. The van der Waals surface area contributed by atoms with Crippen molar-refractivity contribution in [3.8, 4) is 0 Å². The van der Waals surface area contributed by atoms with E-state index in [2.05, 4.69) is 91.0 Å². The number of thiazole rings is 1. The highest BCUT2D eigenvalue weighted by molar-refractivity contribution is 7.22. The van der Waals surface area contributed by atoms with E-state index in [1.165, 1.54) is 29.5 Å². The van der Waals surface area contributed by atoms with Crippen molar-refractivity contribution in [3.05, 3.63) is 87.9 Å². The molecule has 0 spiro atoms. The third kappa shape index (κ3) is 7.44. The number of rotatable bonds is 9.